The standard InChI is InChI=1S/C15H23NO3/c1-11(2)19-12(3)15(18)16-10-4-5-13-6-8-14(17)9-7-13/h6-9,11-12,17H,4-5,10H2,1-3H3,(H,16,18). The molecule has 19 heavy (non-hydrogen) atoms. The third-order valence-corrected chi connectivity index (χ3v) is 2.72. The normalized spacial score (nSPS) is 12.4. The number of carbonyl (C=O) groups is 1. The third kappa shape index (κ3) is 6.25. The topological polar surface area (TPSA) is 58.6 Å². The van der Waals surface area contributed by atoms with Crippen LogP contribution in [0.3, 0.4) is 0 Å². The summed E-state index contributed by atoms with van der Waals surface area (Å²) in [4.78, 5) is 11.7. The van der Waals surface area contributed by atoms with Crippen molar-refractivity contribution < 1.29 is 14.6 Å². The van der Waals surface area contributed by atoms with Gasteiger partial charge in [-0.1, -0.05) is 12.1 Å². The van der Waals surface area contributed by atoms with Gasteiger partial charge in [0.15, 0.2) is 0 Å². The number of aromatic hydroxyl groups is 1. The Labute approximate surface area is 114 Å². The Hall–Kier alpha value is -1.55. The van der Waals surface area contributed by atoms with E-state index in [0.717, 1.165) is 18.4 Å². The van der Waals surface area contributed by atoms with Gasteiger partial charge in [-0.25, -0.2) is 0 Å². The van der Waals surface area contributed by atoms with E-state index < -0.39 is 6.10 Å². The predicted molar refractivity (Wildman–Crippen MR) is 75.1 cm³/mol. The fraction of sp³-hybridized carbons (Fsp3) is 0.533. The van der Waals surface area contributed by atoms with E-state index in [1.54, 1.807) is 19.1 Å². The number of hydrogen-bond acceptors (Lipinski definition) is 3. The molecule has 0 aliphatic rings. The zero-order chi connectivity index (χ0) is 14.3. The maximum absolute atomic E-state index is 11.7. The van der Waals surface area contributed by atoms with E-state index in [-0.39, 0.29) is 17.8 Å². The van der Waals surface area contributed by atoms with Gasteiger partial charge in [-0.2, -0.15) is 0 Å². The molecule has 0 saturated carbocycles. The second kappa shape index (κ2) is 7.79. The highest BCUT2D eigenvalue weighted by Crippen LogP contribution is 2.10. The van der Waals surface area contributed by atoms with Crippen molar-refractivity contribution in [2.45, 2.75) is 45.8 Å². The molecule has 4 heteroatoms. The first-order valence-corrected chi connectivity index (χ1v) is 6.70. The van der Waals surface area contributed by atoms with Gasteiger partial charge in [-0.3, -0.25) is 4.79 Å². The molecule has 0 bridgehead atoms. The average molecular weight is 265 g/mol. The number of rotatable bonds is 7. The highest BCUT2D eigenvalue weighted by atomic mass is 16.5. The van der Waals surface area contributed by atoms with Gasteiger partial charge < -0.3 is 15.2 Å². The molecule has 0 aliphatic heterocycles. The highest BCUT2D eigenvalue weighted by Gasteiger charge is 2.13. The molecule has 1 unspecified atom stereocenters. The SMILES string of the molecule is CC(C)OC(C)C(=O)NCCCc1ccc(O)cc1. The number of benzene rings is 1. The zero-order valence-corrected chi connectivity index (χ0v) is 11.8. The molecule has 1 aromatic carbocycles. The third-order valence-electron chi connectivity index (χ3n) is 2.72. The lowest BCUT2D eigenvalue weighted by molar-refractivity contribution is -0.134. The molecule has 1 atom stereocenters. The minimum atomic E-state index is -0.409. The van der Waals surface area contributed by atoms with Crippen LogP contribution in [0.15, 0.2) is 24.3 Å². The van der Waals surface area contributed by atoms with Crippen LogP contribution in [0.5, 0.6) is 5.75 Å². The van der Waals surface area contributed by atoms with Crippen molar-refractivity contribution in [1.29, 1.82) is 0 Å². The van der Waals surface area contributed by atoms with Gasteiger partial charge in [0.25, 0.3) is 0 Å². The van der Waals surface area contributed by atoms with Crippen molar-refractivity contribution in [1.82, 2.24) is 5.32 Å². The van der Waals surface area contributed by atoms with Gasteiger partial charge in [-0.15, -0.1) is 0 Å². The Kier molecular flexibility index (Phi) is 6.36. The lowest BCUT2D eigenvalue weighted by Gasteiger charge is -2.15. The molecule has 0 aliphatic carbocycles. The summed E-state index contributed by atoms with van der Waals surface area (Å²) in [6.45, 7) is 6.21. The molecule has 4 nitrogen and oxygen atoms in total. The van der Waals surface area contributed by atoms with E-state index in [1.807, 2.05) is 26.0 Å². The molecular weight excluding hydrogens is 242 g/mol. The van der Waals surface area contributed by atoms with E-state index in [0.29, 0.717) is 6.54 Å². The van der Waals surface area contributed by atoms with Gasteiger partial charge in [0, 0.05) is 6.54 Å². The van der Waals surface area contributed by atoms with E-state index >= 15 is 0 Å². The van der Waals surface area contributed by atoms with Crippen LogP contribution >= 0.6 is 0 Å². The molecule has 1 aromatic rings. The van der Waals surface area contributed by atoms with Gasteiger partial charge in [0.1, 0.15) is 11.9 Å². The summed E-state index contributed by atoms with van der Waals surface area (Å²) in [7, 11) is 0. The average Bonchev–Trinajstić information content (AvgIpc) is 2.35. The summed E-state index contributed by atoms with van der Waals surface area (Å²) < 4.78 is 5.40. The van der Waals surface area contributed by atoms with Gasteiger partial charge in [-0.05, 0) is 51.3 Å². The van der Waals surface area contributed by atoms with Crippen LogP contribution in [-0.4, -0.2) is 29.8 Å². The molecule has 0 radical (unpaired) electrons. The van der Waals surface area contributed by atoms with Crippen molar-refractivity contribution in [3.8, 4) is 5.75 Å². The first-order valence-electron chi connectivity index (χ1n) is 6.70. The van der Waals surface area contributed by atoms with Crippen molar-refractivity contribution >= 4 is 5.91 Å². The van der Waals surface area contributed by atoms with Crippen molar-refractivity contribution in [2.75, 3.05) is 6.54 Å². The Morgan fingerprint density at radius 3 is 2.47 bits per heavy atom. The van der Waals surface area contributed by atoms with Crippen LogP contribution in [0, 0.1) is 0 Å². The minimum Gasteiger partial charge on any atom is -0.508 e. The summed E-state index contributed by atoms with van der Waals surface area (Å²) in [6.07, 6.45) is 1.39. The molecule has 2 N–H and O–H groups in total. The molecule has 0 spiro atoms. The molecular formula is C15H23NO3. The number of ether oxygens (including phenoxy) is 1. The van der Waals surface area contributed by atoms with Crippen LogP contribution in [0.4, 0.5) is 0 Å². The number of amides is 1. The second-order valence-corrected chi connectivity index (χ2v) is 4.89. The largest absolute Gasteiger partial charge is 0.508 e. The second-order valence-electron chi connectivity index (χ2n) is 4.89. The fourth-order valence-corrected chi connectivity index (χ4v) is 1.78. The summed E-state index contributed by atoms with van der Waals surface area (Å²) in [6, 6.07) is 7.13. The van der Waals surface area contributed by atoms with Gasteiger partial charge in [0.2, 0.25) is 5.91 Å². The number of phenolic OH excluding ortho intramolecular Hbond substituents is 1. The lowest BCUT2D eigenvalue weighted by Crippen LogP contribution is -2.36. The Morgan fingerprint density at radius 1 is 1.26 bits per heavy atom. The van der Waals surface area contributed by atoms with Crippen LogP contribution in [0.25, 0.3) is 0 Å². The van der Waals surface area contributed by atoms with E-state index in [4.69, 9.17) is 9.84 Å². The quantitative estimate of drug-likeness (QED) is 0.743. The van der Waals surface area contributed by atoms with E-state index in [2.05, 4.69) is 5.32 Å². The van der Waals surface area contributed by atoms with Crippen LogP contribution in [0.1, 0.15) is 32.8 Å². The van der Waals surface area contributed by atoms with E-state index in [1.165, 1.54) is 0 Å². The van der Waals surface area contributed by atoms with Crippen molar-refractivity contribution in [2.24, 2.45) is 0 Å². The monoisotopic (exact) mass is 265 g/mol. The number of hydrogen-bond donors (Lipinski definition) is 2. The molecule has 0 fully saturated rings. The van der Waals surface area contributed by atoms with Gasteiger partial charge in [0.05, 0.1) is 6.10 Å². The molecule has 0 saturated heterocycles. The Morgan fingerprint density at radius 2 is 1.89 bits per heavy atom. The fourth-order valence-electron chi connectivity index (χ4n) is 1.78. The Balaban J connectivity index is 2.20. The zero-order valence-electron chi connectivity index (χ0n) is 11.8. The molecule has 0 heterocycles. The first kappa shape index (κ1) is 15.5. The maximum Gasteiger partial charge on any atom is 0.248 e. The molecule has 1 amide bonds. The van der Waals surface area contributed by atoms with E-state index in [9.17, 15) is 4.79 Å². The lowest BCUT2D eigenvalue weighted by atomic mass is 10.1. The molecule has 0 aromatic heterocycles. The van der Waals surface area contributed by atoms with Crippen LogP contribution in [-0.2, 0) is 16.0 Å². The summed E-state index contributed by atoms with van der Waals surface area (Å²) in [5.41, 5.74) is 1.15. The number of phenols is 1. The smallest absolute Gasteiger partial charge is 0.248 e. The van der Waals surface area contributed by atoms with Crippen molar-refractivity contribution in [3.63, 3.8) is 0 Å². The van der Waals surface area contributed by atoms with Crippen molar-refractivity contribution in [3.05, 3.63) is 29.8 Å². The van der Waals surface area contributed by atoms with Gasteiger partial charge >= 0.3 is 0 Å². The minimum absolute atomic E-state index is 0.0535. The first-order chi connectivity index (χ1) is 8.99. The number of nitrogens with one attached hydrogen (secondary N) is 1. The summed E-state index contributed by atoms with van der Waals surface area (Å²) >= 11 is 0. The highest BCUT2D eigenvalue weighted by molar-refractivity contribution is 5.80. The van der Waals surface area contributed by atoms with Crippen LogP contribution in [0.2, 0.25) is 0 Å². The number of carbonyl (C=O) groups excluding carboxylic acids is 1. The predicted octanol–water partition coefficient (Wildman–Crippen LogP) is 2.25. The summed E-state index contributed by atoms with van der Waals surface area (Å²) in [5, 5.41) is 12.0. The molecule has 106 valence electrons. The molecule has 1 rings (SSSR count). The van der Waals surface area contributed by atoms with Crippen LogP contribution < -0.4 is 5.32 Å². The Bertz CT molecular complexity index is 387. The summed E-state index contributed by atoms with van der Waals surface area (Å²) in [5.74, 6) is 0.205. The number of aryl methyl sites for hydroxylation is 1. The maximum atomic E-state index is 11.7.